The Morgan fingerprint density at radius 2 is 1.83 bits per heavy atom. The molecule has 0 aromatic heterocycles. The maximum Gasteiger partial charge on any atom is 0.270 e. The molecule has 1 heterocycles. The van der Waals surface area contributed by atoms with Gasteiger partial charge in [-0.25, -0.2) is 0 Å². The third-order valence-electron chi connectivity index (χ3n) is 3.35. The Balaban J connectivity index is 2.01. The van der Waals surface area contributed by atoms with Crippen molar-refractivity contribution in [3.8, 4) is 0 Å². The fourth-order valence-electron chi connectivity index (χ4n) is 2.25. The molecule has 0 unspecified atom stereocenters. The number of hydrogen-bond acceptors (Lipinski definition) is 3. The predicted octanol–water partition coefficient (Wildman–Crippen LogP) is 3.89. The van der Waals surface area contributed by atoms with Gasteiger partial charge in [-0.1, -0.05) is 28.1 Å². The number of anilines is 1. The first-order valence-electron chi connectivity index (χ1n) is 6.88. The molecule has 1 fully saturated rings. The molecule has 2 amide bonds. The number of carbonyl (C=O) groups is 2. The van der Waals surface area contributed by atoms with Crippen LogP contribution in [-0.2, 0) is 9.59 Å². The van der Waals surface area contributed by atoms with Crippen molar-refractivity contribution in [2.45, 2.75) is 0 Å². The minimum atomic E-state index is -0.489. The molecule has 0 saturated carbocycles. The Hall–Kier alpha value is -1.58. The number of thiocarbonyl (C=S) groups is 1. The van der Waals surface area contributed by atoms with Gasteiger partial charge in [0.25, 0.3) is 11.8 Å². The highest BCUT2D eigenvalue weighted by Crippen LogP contribution is 2.24. The number of nitrogens with one attached hydrogen (secondary N) is 1. The Morgan fingerprint density at radius 1 is 1.12 bits per heavy atom. The Labute approximate surface area is 166 Å². The van der Waals surface area contributed by atoms with Gasteiger partial charge >= 0.3 is 0 Å². The SMILES string of the molecule is O=C1NC(=S)N(c2ccc(Br)cc2)C(=O)C1=Cc1cccc(I)c1. The van der Waals surface area contributed by atoms with E-state index in [1.807, 2.05) is 36.4 Å². The number of rotatable bonds is 2. The summed E-state index contributed by atoms with van der Waals surface area (Å²) < 4.78 is 1.91. The zero-order chi connectivity index (χ0) is 17.3. The van der Waals surface area contributed by atoms with Crippen LogP contribution in [0.1, 0.15) is 5.56 Å². The highest BCUT2D eigenvalue weighted by atomic mass is 127. The molecule has 2 aromatic carbocycles. The molecule has 0 aliphatic carbocycles. The largest absolute Gasteiger partial charge is 0.298 e. The summed E-state index contributed by atoms with van der Waals surface area (Å²) in [4.78, 5) is 26.4. The monoisotopic (exact) mass is 512 g/mol. The number of carbonyl (C=O) groups excluding carboxylic acids is 2. The molecule has 1 aliphatic rings. The quantitative estimate of drug-likeness (QED) is 0.287. The lowest BCUT2D eigenvalue weighted by Crippen LogP contribution is -2.54. The zero-order valence-corrected chi connectivity index (χ0v) is 16.7. The van der Waals surface area contributed by atoms with Gasteiger partial charge in [-0.2, -0.15) is 0 Å². The first kappa shape index (κ1) is 17.2. The van der Waals surface area contributed by atoms with Crippen molar-refractivity contribution in [1.82, 2.24) is 5.32 Å². The lowest BCUT2D eigenvalue weighted by Gasteiger charge is -2.29. The zero-order valence-electron chi connectivity index (χ0n) is 12.1. The average Bonchev–Trinajstić information content (AvgIpc) is 2.53. The van der Waals surface area contributed by atoms with Crippen LogP contribution >= 0.6 is 50.7 Å². The second-order valence-corrected chi connectivity index (χ2v) is 7.54. The molecule has 0 spiro atoms. The van der Waals surface area contributed by atoms with Gasteiger partial charge < -0.3 is 0 Å². The van der Waals surface area contributed by atoms with Crippen LogP contribution in [0.25, 0.3) is 6.08 Å². The van der Waals surface area contributed by atoms with Gasteiger partial charge in [0.05, 0.1) is 5.69 Å². The summed E-state index contributed by atoms with van der Waals surface area (Å²) in [6.07, 6.45) is 1.58. The molecule has 7 heteroatoms. The topological polar surface area (TPSA) is 49.4 Å². The molecule has 0 radical (unpaired) electrons. The van der Waals surface area contributed by atoms with E-state index in [0.29, 0.717) is 5.69 Å². The van der Waals surface area contributed by atoms with Gasteiger partial charge in [-0.05, 0) is 82.8 Å². The highest BCUT2D eigenvalue weighted by Gasteiger charge is 2.34. The third-order valence-corrected chi connectivity index (χ3v) is 4.83. The Morgan fingerprint density at radius 3 is 2.50 bits per heavy atom. The van der Waals surface area contributed by atoms with E-state index in [2.05, 4.69) is 43.8 Å². The van der Waals surface area contributed by atoms with Crippen molar-refractivity contribution in [3.63, 3.8) is 0 Å². The van der Waals surface area contributed by atoms with Gasteiger partial charge in [0.1, 0.15) is 5.57 Å². The smallest absolute Gasteiger partial charge is 0.270 e. The molecule has 2 aromatic rings. The van der Waals surface area contributed by atoms with Gasteiger partial charge in [0.15, 0.2) is 5.11 Å². The number of amides is 2. The van der Waals surface area contributed by atoms with E-state index < -0.39 is 11.8 Å². The first-order valence-corrected chi connectivity index (χ1v) is 9.16. The van der Waals surface area contributed by atoms with Crippen molar-refractivity contribution < 1.29 is 9.59 Å². The molecule has 0 atom stereocenters. The average molecular weight is 513 g/mol. The third kappa shape index (κ3) is 3.57. The minimum absolute atomic E-state index is 0.0496. The second-order valence-electron chi connectivity index (χ2n) is 4.99. The van der Waals surface area contributed by atoms with Crippen LogP contribution in [0.2, 0.25) is 0 Å². The van der Waals surface area contributed by atoms with Crippen LogP contribution in [0.15, 0.2) is 58.6 Å². The minimum Gasteiger partial charge on any atom is -0.298 e. The van der Waals surface area contributed by atoms with Gasteiger partial charge in [-0.15, -0.1) is 0 Å². The van der Waals surface area contributed by atoms with Crippen LogP contribution in [0.4, 0.5) is 5.69 Å². The maximum atomic E-state index is 12.8. The molecule has 24 heavy (non-hydrogen) atoms. The van der Waals surface area contributed by atoms with Gasteiger partial charge in [-0.3, -0.25) is 19.8 Å². The normalized spacial score (nSPS) is 16.5. The molecule has 3 rings (SSSR count). The molecule has 120 valence electrons. The van der Waals surface area contributed by atoms with Crippen LogP contribution in [0.5, 0.6) is 0 Å². The number of nitrogens with zero attached hydrogens (tertiary/aromatic N) is 1. The summed E-state index contributed by atoms with van der Waals surface area (Å²) in [6.45, 7) is 0. The van der Waals surface area contributed by atoms with E-state index >= 15 is 0 Å². The molecular formula is C17H10BrIN2O2S. The van der Waals surface area contributed by atoms with Crippen molar-refractivity contribution in [1.29, 1.82) is 0 Å². The summed E-state index contributed by atoms with van der Waals surface area (Å²) in [5, 5.41) is 2.65. The summed E-state index contributed by atoms with van der Waals surface area (Å²) in [7, 11) is 0. The summed E-state index contributed by atoms with van der Waals surface area (Å²) in [5.41, 5.74) is 1.43. The molecule has 1 saturated heterocycles. The summed E-state index contributed by atoms with van der Waals surface area (Å²) in [6, 6.07) is 14.7. The molecule has 1 aliphatic heterocycles. The summed E-state index contributed by atoms with van der Waals surface area (Å²) in [5.74, 6) is -0.929. The Kier molecular flexibility index (Phi) is 5.12. The molecule has 1 N–H and O–H groups in total. The van der Waals surface area contributed by atoms with Crippen LogP contribution in [0.3, 0.4) is 0 Å². The van der Waals surface area contributed by atoms with E-state index in [-0.39, 0.29) is 10.7 Å². The van der Waals surface area contributed by atoms with Crippen LogP contribution < -0.4 is 10.2 Å². The van der Waals surface area contributed by atoms with E-state index in [1.54, 1.807) is 18.2 Å². The number of benzene rings is 2. The van der Waals surface area contributed by atoms with E-state index in [0.717, 1.165) is 13.6 Å². The van der Waals surface area contributed by atoms with Crippen molar-refractivity contribution in [3.05, 3.63) is 67.7 Å². The maximum absolute atomic E-state index is 12.8. The highest BCUT2D eigenvalue weighted by molar-refractivity contribution is 14.1. The summed E-state index contributed by atoms with van der Waals surface area (Å²) >= 11 is 10.7. The van der Waals surface area contributed by atoms with Crippen molar-refractivity contribution >= 4 is 79.4 Å². The first-order chi connectivity index (χ1) is 11.5. The second kappa shape index (κ2) is 7.12. The standard InChI is InChI=1S/C17H10BrIN2O2S/c18-11-4-6-13(7-5-11)21-16(23)14(15(22)20-17(21)24)9-10-2-1-3-12(19)8-10/h1-9H,(H,20,22,24). The van der Waals surface area contributed by atoms with Crippen LogP contribution in [0, 0.1) is 3.57 Å². The number of halogens is 2. The molecule has 4 nitrogen and oxygen atoms in total. The van der Waals surface area contributed by atoms with Crippen molar-refractivity contribution in [2.24, 2.45) is 0 Å². The van der Waals surface area contributed by atoms with Gasteiger partial charge in [0.2, 0.25) is 0 Å². The Bertz CT molecular complexity index is 880. The van der Waals surface area contributed by atoms with E-state index in [4.69, 9.17) is 12.2 Å². The molecular weight excluding hydrogens is 503 g/mol. The van der Waals surface area contributed by atoms with Gasteiger partial charge in [0, 0.05) is 8.04 Å². The van der Waals surface area contributed by atoms with Crippen molar-refractivity contribution in [2.75, 3.05) is 4.90 Å². The fraction of sp³-hybridized carbons (Fsp3) is 0. The van der Waals surface area contributed by atoms with E-state index in [1.165, 1.54) is 4.90 Å². The lowest BCUT2D eigenvalue weighted by molar-refractivity contribution is -0.122. The van der Waals surface area contributed by atoms with E-state index in [9.17, 15) is 9.59 Å². The van der Waals surface area contributed by atoms with Crippen LogP contribution in [-0.4, -0.2) is 16.9 Å². The lowest BCUT2D eigenvalue weighted by atomic mass is 10.1. The molecule has 0 bridgehead atoms. The number of hydrogen-bond donors (Lipinski definition) is 1. The fourth-order valence-corrected chi connectivity index (χ4v) is 3.36. The predicted molar refractivity (Wildman–Crippen MR) is 110 cm³/mol.